The SMILES string of the molecule is CCSc1snc(N)c1-c1ccccc1. The van der Waals surface area contributed by atoms with Crippen molar-refractivity contribution in [3.05, 3.63) is 30.3 Å². The van der Waals surface area contributed by atoms with Crippen LogP contribution in [0, 0.1) is 0 Å². The minimum absolute atomic E-state index is 0.641. The zero-order valence-electron chi connectivity index (χ0n) is 8.43. The van der Waals surface area contributed by atoms with Gasteiger partial charge in [-0.1, -0.05) is 37.3 Å². The second-order valence-electron chi connectivity index (χ2n) is 3.03. The number of anilines is 1. The van der Waals surface area contributed by atoms with Crippen LogP contribution in [0.4, 0.5) is 5.82 Å². The second-order valence-corrected chi connectivity index (χ2v) is 5.34. The van der Waals surface area contributed by atoms with Gasteiger partial charge in [0.15, 0.2) is 0 Å². The van der Waals surface area contributed by atoms with Crippen LogP contribution in [-0.2, 0) is 0 Å². The van der Waals surface area contributed by atoms with Gasteiger partial charge in [-0.25, -0.2) is 0 Å². The van der Waals surface area contributed by atoms with Crippen LogP contribution in [0.3, 0.4) is 0 Å². The van der Waals surface area contributed by atoms with Crippen molar-refractivity contribution in [3.63, 3.8) is 0 Å². The zero-order valence-corrected chi connectivity index (χ0v) is 10.1. The Morgan fingerprint density at radius 1 is 1.33 bits per heavy atom. The molecule has 2 nitrogen and oxygen atoms in total. The first kappa shape index (κ1) is 10.5. The first-order valence-corrected chi connectivity index (χ1v) is 6.52. The van der Waals surface area contributed by atoms with Crippen LogP contribution in [-0.4, -0.2) is 10.1 Å². The highest BCUT2D eigenvalue weighted by Gasteiger charge is 2.12. The highest BCUT2D eigenvalue weighted by Crippen LogP contribution is 2.38. The third-order valence-corrected chi connectivity index (χ3v) is 4.02. The summed E-state index contributed by atoms with van der Waals surface area (Å²) in [5.41, 5.74) is 8.13. The first-order valence-electron chi connectivity index (χ1n) is 4.76. The van der Waals surface area contributed by atoms with Crippen LogP contribution >= 0.6 is 23.3 Å². The van der Waals surface area contributed by atoms with E-state index in [1.165, 1.54) is 15.7 Å². The van der Waals surface area contributed by atoms with Crippen LogP contribution in [0.5, 0.6) is 0 Å². The Labute approximate surface area is 97.7 Å². The number of hydrogen-bond donors (Lipinski definition) is 1. The lowest BCUT2D eigenvalue weighted by Crippen LogP contribution is -1.87. The summed E-state index contributed by atoms with van der Waals surface area (Å²) >= 11 is 3.28. The summed E-state index contributed by atoms with van der Waals surface area (Å²) in [6, 6.07) is 10.2. The smallest absolute Gasteiger partial charge is 0.146 e. The van der Waals surface area contributed by atoms with Crippen molar-refractivity contribution < 1.29 is 0 Å². The lowest BCUT2D eigenvalue weighted by molar-refractivity contribution is 1.50. The Balaban J connectivity index is 2.47. The van der Waals surface area contributed by atoms with Crippen LogP contribution < -0.4 is 5.73 Å². The van der Waals surface area contributed by atoms with Gasteiger partial charge >= 0.3 is 0 Å². The third-order valence-electron chi connectivity index (χ3n) is 2.03. The summed E-state index contributed by atoms with van der Waals surface area (Å²) in [4.78, 5) is 0. The average molecular weight is 236 g/mol. The maximum absolute atomic E-state index is 5.89. The molecule has 0 aliphatic heterocycles. The van der Waals surface area contributed by atoms with E-state index in [0.29, 0.717) is 5.82 Å². The normalized spacial score (nSPS) is 10.5. The molecule has 0 aliphatic carbocycles. The van der Waals surface area contributed by atoms with Gasteiger partial charge in [-0.15, -0.1) is 11.8 Å². The van der Waals surface area contributed by atoms with Gasteiger partial charge < -0.3 is 5.73 Å². The summed E-state index contributed by atoms with van der Waals surface area (Å²) < 4.78 is 5.42. The molecule has 1 heterocycles. The Morgan fingerprint density at radius 2 is 2.07 bits per heavy atom. The highest BCUT2D eigenvalue weighted by molar-refractivity contribution is 8.01. The molecule has 1 aromatic heterocycles. The summed E-state index contributed by atoms with van der Waals surface area (Å²) in [5, 5.41) is 0. The Morgan fingerprint density at radius 3 is 2.73 bits per heavy atom. The van der Waals surface area contributed by atoms with Crippen molar-refractivity contribution in [3.8, 4) is 11.1 Å². The number of nitrogens with zero attached hydrogens (tertiary/aromatic N) is 1. The molecule has 0 aliphatic rings. The molecule has 4 heteroatoms. The van der Waals surface area contributed by atoms with Crippen molar-refractivity contribution in [2.45, 2.75) is 11.1 Å². The van der Waals surface area contributed by atoms with Crippen molar-refractivity contribution in [2.75, 3.05) is 11.5 Å². The molecule has 2 rings (SSSR count). The van der Waals surface area contributed by atoms with Gasteiger partial charge in [0.1, 0.15) is 5.82 Å². The van der Waals surface area contributed by atoms with Crippen LogP contribution in [0.15, 0.2) is 34.5 Å². The molecule has 0 bridgehead atoms. The highest BCUT2D eigenvalue weighted by atomic mass is 32.2. The maximum Gasteiger partial charge on any atom is 0.146 e. The van der Waals surface area contributed by atoms with Gasteiger partial charge in [0.25, 0.3) is 0 Å². The fourth-order valence-corrected chi connectivity index (χ4v) is 3.28. The van der Waals surface area contributed by atoms with Gasteiger partial charge in [0, 0.05) is 0 Å². The number of hydrogen-bond acceptors (Lipinski definition) is 4. The number of rotatable bonds is 3. The number of thioether (sulfide) groups is 1. The van der Waals surface area contributed by atoms with E-state index >= 15 is 0 Å². The number of nitrogens with two attached hydrogens (primary N) is 1. The van der Waals surface area contributed by atoms with Crippen LogP contribution in [0.2, 0.25) is 0 Å². The van der Waals surface area contributed by atoms with Gasteiger partial charge in [-0.05, 0) is 22.8 Å². The van der Waals surface area contributed by atoms with Gasteiger partial charge in [-0.3, -0.25) is 0 Å². The lowest BCUT2D eigenvalue weighted by Gasteiger charge is -2.02. The molecule has 0 unspecified atom stereocenters. The molecule has 1 aromatic carbocycles. The van der Waals surface area contributed by atoms with Crippen molar-refractivity contribution in [1.82, 2.24) is 4.37 Å². The molecular weight excluding hydrogens is 224 g/mol. The van der Waals surface area contributed by atoms with E-state index < -0.39 is 0 Å². The van der Waals surface area contributed by atoms with Gasteiger partial charge in [0.05, 0.1) is 9.77 Å². The number of benzene rings is 1. The van der Waals surface area contributed by atoms with Gasteiger partial charge in [0.2, 0.25) is 0 Å². The predicted octanol–water partition coefficient (Wildman–Crippen LogP) is 3.50. The molecule has 0 atom stereocenters. The molecule has 0 saturated heterocycles. The van der Waals surface area contributed by atoms with E-state index in [-0.39, 0.29) is 0 Å². The van der Waals surface area contributed by atoms with Crippen LogP contribution in [0.25, 0.3) is 11.1 Å². The quantitative estimate of drug-likeness (QED) is 0.829. The van der Waals surface area contributed by atoms with E-state index in [2.05, 4.69) is 23.4 Å². The number of nitrogen functional groups attached to an aromatic ring is 1. The maximum atomic E-state index is 5.89. The summed E-state index contributed by atoms with van der Waals surface area (Å²) in [6.45, 7) is 2.13. The van der Waals surface area contributed by atoms with Crippen LogP contribution in [0.1, 0.15) is 6.92 Å². The largest absolute Gasteiger partial charge is 0.382 e. The van der Waals surface area contributed by atoms with E-state index in [1.54, 1.807) is 11.8 Å². The second kappa shape index (κ2) is 4.68. The lowest BCUT2D eigenvalue weighted by atomic mass is 10.1. The third kappa shape index (κ3) is 2.16. The minimum atomic E-state index is 0.641. The van der Waals surface area contributed by atoms with E-state index in [1.807, 2.05) is 18.2 Å². The van der Waals surface area contributed by atoms with E-state index in [0.717, 1.165) is 16.9 Å². The standard InChI is InChI=1S/C11H12N2S2/c1-2-14-11-9(10(12)13-15-11)8-6-4-3-5-7-8/h3-7H,2H2,1H3,(H2,12,13). The van der Waals surface area contributed by atoms with E-state index in [4.69, 9.17) is 5.73 Å². The van der Waals surface area contributed by atoms with E-state index in [9.17, 15) is 0 Å². The molecule has 0 amide bonds. The van der Waals surface area contributed by atoms with Gasteiger partial charge in [-0.2, -0.15) is 4.37 Å². The molecule has 15 heavy (non-hydrogen) atoms. The molecule has 0 radical (unpaired) electrons. The predicted molar refractivity (Wildman–Crippen MR) is 68.4 cm³/mol. The fourth-order valence-electron chi connectivity index (χ4n) is 1.39. The average Bonchev–Trinajstić information content (AvgIpc) is 2.62. The zero-order chi connectivity index (χ0) is 10.7. The van der Waals surface area contributed by atoms with Crippen molar-refractivity contribution in [2.24, 2.45) is 0 Å². The molecule has 0 spiro atoms. The van der Waals surface area contributed by atoms with Crippen molar-refractivity contribution >= 4 is 29.1 Å². The Bertz CT molecular complexity index is 437. The molecule has 0 fully saturated rings. The minimum Gasteiger partial charge on any atom is -0.382 e. The Hall–Kier alpha value is -1.00. The molecule has 78 valence electrons. The van der Waals surface area contributed by atoms with Crippen molar-refractivity contribution in [1.29, 1.82) is 0 Å². The molecule has 2 aromatic rings. The summed E-state index contributed by atoms with van der Waals surface area (Å²) in [7, 11) is 0. The molecule has 2 N–H and O–H groups in total. The topological polar surface area (TPSA) is 38.9 Å². The summed E-state index contributed by atoms with van der Waals surface area (Å²) in [6.07, 6.45) is 0. The molecule has 0 saturated carbocycles. The summed E-state index contributed by atoms with van der Waals surface area (Å²) in [5.74, 6) is 1.68. The number of aromatic nitrogens is 1. The monoisotopic (exact) mass is 236 g/mol. The fraction of sp³-hybridized carbons (Fsp3) is 0.182. The molecular formula is C11H12N2S2. The first-order chi connectivity index (χ1) is 7.33. The Kier molecular flexibility index (Phi) is 3.28.